The Balaban J connectivity index is 2.12. The first-order valence-electron chi connectivity index (χ1n) is 6.29. The molecule has 0 bridgehead atoms. The molecule has 2 N–H and O–H groups in total. The fourth-order valence-corrected chi connectivity index (χ4v) is 2.41. The molecule has 0 amide bonds. The first-order valence-corrected chi connectivity index (χ1v) is 6.70. The number of hydrogen-bond acceptors (Lipinski definition) is 2. The maximum absolute atomic E-state index is 5.31. The molecule has 3 nitrogen and oxygen atoms in total. The maximum atomic E-state index is 5.31. The van der Waals surface area contributed by atoms with E-state index in [1.807, 2.05) is 0 Å². The third-order valence-corrected chi connectivity index (χ3v) is 3.31. The molecule has 0 heterocycles. The van der Waals surface area contributed by atoms with Crippen molar-refractivity contribution in [1.29, 1.82) is 0 Å². The Labute approximate surface area is 105 Å². The Morgan fingerprint density at radius 1 is 1.38 bits per heavy atom. The number of hydrogen-bond donors (Lipinski definition) is 2. The normalized spacial score (nSPS) is 18.8. The molecule has 0 aromatic rings. The Bertz CT molecular complexity index is 212. The molecular weight excluding hydrogens is 218 g/mol. The second kappa shape index (κ2) is 7.07. The van der Waals surface area contributed by atoms with Crippen LogP contribution in [0.2, 0.25) is 0 Å². The van der Waals surface area contributed by atoms with Gasteiger partial charge in [0.15, 0.2) is 5.11 Å². The number of thiocarbonyl (C=S) groups is 1. The van der Waals surface area contributed by atoms with E-state index in [1.54, 1.807) is 0 Å². The van der Waals surface area contributed by atoms with Gasteiger partial charge in [-0.3, -0.25) is 0 Å². The van der Waals surface area contributed by atoms with Crippen LogP contribution in [0.4, 0.5) is 0 Å². The monoisotopic (exact) mass is 243 g/mol. The number of nitrogens with one attached hydrogen (secondary N) is 2. The van der Waals surface area contributed by atoms with Crippen LogP contribution >= 0.6 is 12.2 Å². The highest BCUT2D eigenvalue weighted by molar-refractivity contribution is 7.80. The lowest BCUT2D eigenvalue weighted by Crippen LogP contribution is -2.45. The van der Waals surface area contributed by atoms with Crippen molar-refractivity contribution >= 4 is 17.3 Å². The summed E-state index contributed by atoms with van der Waals surface area (Å²) in [6.07, 6.45) is 6.36. The fourth-order valence-electron chi connectivity index (χ4n) is 2.05. The summed E-state index contributed by atoms with van der Waals surface area (Å²) in [5.41, 5.74) is 0. The predicted octanol–water partition coefficient (Wildman–Crippen LogP) is 1.73. The Hall–Kier alpha value is -0.350. The maximum Gasteiger partial charge on any atom is 0.166 e. The standard InChI is InChI=1S/C12H25N3S/c1-10(8-9-15(2)3)13-12(16)14-11-6-4-5-7-11/h10-11H,4-9H2,1-3H3,(H2,13,14,16). The van der Waals surface area contributed by atoms with Gasteiger partial charge >= 0.3 is 0 Å². The lowest BCUT2D eigenvalue weighted by atomic mass is 10.2. The largest absolute Gasteiger partial charge is 0.360 e. The molecule has 0 spiro atoms. The van der Waals surface area contributed by atoms with Crippen LogP contribution in [0.5, 0.6) is 0 Å². The van der Waals surface area contributed by atoms with E-state index in [4.69, 9.17) is 12.2 Å². The van der Waals surface area contributed by atoms with Gasteiger partial charge in [-0.15, -0.1) is 0 Å². The Morgan fingerprint density at radius 2 is 2.00 bits per heavy atom. The molecule has 1 unspecified atom stereocenters. The minimum absolute atomic E-state index is 0.448. The predicted molar refractivity (Wildman–Crippen MR) is 73.8 cm³/mol. The Morgan fingerprint density at radius 3 is 2.56 bits per heavy atom. The van der Waals surface area contributed by atoms with Crippen molar-refractivity contribution in [3.05, 3.63) is 0 Å². The number of rotatable bonds is 5. The Kier molecular flexibility index (Phi) is 6.06. The van der Waals surface area contributed by atoms with Gasteiger partial charge in [-0.2, -0.15) is 0 Å². The van der Waals surface area contributed by atoms with E-state index >= 15 is 0 Å². The van der Waals surface area contributed by atoms with Crippen molar-refractivity contribution in [1.82, 2.24) is 15.5 Å². The van der Waals surface area contributed by atoms with E-state index in [-0.39, 0.29) is 0 Å². The topological polar surface area (TPSA) is 27.3 Å². The quantitative estimate of drug-likeness (QED) is 0.719. The zero-order valence-corrected chi connectivity index (χ0v) is 11.6. The molecule has 1 aliphatic carbocycles. The van der Waals surface area contributed by atoms with Crippen LogP contribution in [0.15, 0.2) is 0 Å². The summed E-state index contributed by atoms with van der Waals surface area (Å²) in [6.45, 7) is 3.28. The molecule has 1 saturated carbocycles. The van der Waals surface area contributed by atoms with E-state index in [0.29, 0.717) is 12.1 Å². The molecule has 94 valence electrons. The SMILES string of the molecule is CC(CCN(C)C)NC(=S)NC1CCCC1. The summed E-state index contributed by atoms with van der Waals surface area (Å²) in [4.78, 5) is 2.20. The van der Waals surface area contributed by atoms with Gasteiger partial charge in [0.05, 0.1) is 0 Å². The highest BCUT2D eigenvalue weighted by atomic mass is 32.1. The van der Waals surface area contributed by atoms with Gasteiger partial charge in [-0.1, -0.05) is 12.8 Å². The molecule has 1 atom stereocenters. The van der Waals surface area contributed by atoms with Gasteiger partial charge in [0.1, 0.15) is 0 Å². The van der Waals surface area contributed by atoms with Crippen molar-refractivity contribution in [2.45, 2.75) is 51.1 Å². The van der Waals surface area contributed by atoms with Crippen LogP contribution in [0.1, 0.15) is 39.0 Å². The summed E-state index contributed by atoms with van der Waals surface area (Å²) in [7, 11) is 4.20. The van der Waals surface area contributed by atoms with Crippen molar-refractivity contribution < 1.29 is 0 Å². The van der Waals surface area contributed by atoms with Crippen LogP contribution in [0.3, 0.4) is 0 Å². The molecule has 1 aliphatic rings. The van der Waals surface area contributed by atoms with E-state index in [0.717, 1.165) is 18.1 Å². The fraction of sp³-hybridized carbons (Fsp3) is 0.917. The van der Waals surface area contributed by atoms with E-state index in [1.165, 1.54) is 25.7 Å². The van der Waals surface area contributed by atoms with Gasteiger partial charge in [0.25, 0.3) is 0 Å². The molecular formula is C12H25N3S. The van der Waals surface area contributed by atoms with Crippen LogP contribution in [0.25, 0.3) is 0 Å². The molecule has 1 fully saturated rings. The summed E-state index contributed by atoms with van der Waals surface area (Å²) in [6, 6.07) is 1.06. The lowest BCUT2D eigenvalue weighted by Gasteiger charge is -2.21. The zero-order valence-electron chi connectivity index (χ0n) is 10.8. The average Bonchev–Trinajstić information content (AvgIpc) is 2.67. The molecule has 0 saturated heterocycles. The highest BCUT2D eigenvalue weighted by Crippen LogP contribution is 2.17. The van der Waals surface area contributed by atoms with Crippen LogP contribution in [-0.4, -0.2) is 42.7 Å². The van der Waals surface area contributed by atoms with Gasteiger partial charge in [-0.25, -0.2) is 0 Å². The van der Waals surface area contributed by atoms with E-state index in [9.17, 15) is 0 Å². The third-order valence-electron chi connectivity index (χ3n) is 3.08. The van der Waals surface area contributed by atoms with Crippen molar-refractivity contribution in [3.8, 4) is 0 Å². The molecule has 0 aliphatic heterocycles. The minimum atomic E-state index is 0.448. The zero-order chi connectivity index (χ0) is 12.0. The minimum Gasteiger partial charge on any atom is -0.360 e. The van der Waals surface area contributed by atoms with E-state index < -0.39 is 0 Å². The van der Waals surface area contributed by atoms with Gasteiger partial charge in [0.2, 0.25) is 0 Å². The van der Waals surface area contributed by atoms with Gasteiger partial charge in [0, 0.05) is 12.1 Å². The summed E-state index contributed by atoms with van der Waals surface area (Å²) in [5, 5.41) is 7.59. The number of nitrogens with zero attached hydrogens (tertiary/aromatic N) is 1. The van der Waals surface area contributed by atoms with Crippen molar-refractivity contribution in [2.75, 3.05) is 20.6 Å². The van der Waals surface area contributed by atoms with Crippen LogP contribution in [0, 0.1) is 0 Å². The first-order chi connectivity index (χ1) is 7.58. The molecule has 4 heteroatoms. The summed E-state index contributed by atoms with van der Waals surface area (Å²) >= 11 is 5.31. The highest BCUT2D eigenvalue weighted by Gasteiger charge is 2.15. The molecule has 1 rings (SSSR count). The lowest BCUT2D eigenvalue weighted by molar-refractivity contribution is 0.378. The third kappa shape index (κ3) is 5.66. The second-order valence-corrected chi connectivity index (χ2v) is 5.50. The molecule has 0 aromatic heterocycles. The second-order valence-electron chi connectivity index (χ2n) is 5.09. The van der Waals surface area contributed by atoms with Gasteiger partial charge < -0.3 is 15.5 Å². The first kappa shape index (κ1) is 13.7. The smallest absolute Gasteiger partial charge is 0.166 e. The van der Waals surface area contributed by atoms with Gasteiger partial charge in [-0.05, 0) is 59.0 Å². The molecule has 16 heavy (non-hydrogen) atoms. The van der Waals surface area contributed by atoms with Crippen molar-refractivity contribution in [2.24, 2.45) is 0 Å². The van der Waals surface area contributed by atoms with Crippen molar-refractivity contribution in [3.63, 3.8) is 0 Å². The summed E-state index contributed by atoms with van der Waals surface area (Å²) in [5.74, 6) is 0. The summed E-state index contributed by atoms with van der Waals surface area (Å²) < 4.78 is 0. The molecule has 0 radical (unpaired) electrons. The van der Waals surface area contributed by atoms with Crippen LogP contribution in [-0.2, 0) is 0 Å². The van der Waals surface area contributed by atoms with E-state index in [2.05, 4.69) is 36.6 Å². The van der Waals surface area contributed by atoms with Crippen LogP contribution < -0.4 is 10.6 Å². The average molecular weight is 243 g/mol. The molecule has 0 aromatic carbocycles.